The van der Waals surface area contributed by atoms with Crippen LogP contribution in [0.2, 0.25) is 5.02 Å². The van der Waals surface area contributed by atoms with Gasteiger partial charge in [0.2, 0.25) is 11.9 Å². The quantitative estimate of drug-likeness (QED) is 0.757. The Morgan fingerprint density at radius 3 is 2.72 bits per heavy atom. The smallest absolute Gasteiger partial charge is 0.271 e. The highest BCUT2D eigenvalue weighted by molar-refractivity contribution is 6.33. The summed E-state index contributed by atoms with van der Waals surface area (Å²) in [5.41, 5.74) is 1.80. The van der Waals surface area contributed by atoms with Crippen molar-refractivity contribution in [2.75, 3.05) is 23.3 Å². The molecular formula is C21H24ClN5O2. The summed E-state index contributed by atoms with van der Waals surface area (Å²) in [6, 6.07) is 7.46. The van der Waals surface area contributed by atoms with E-state index >= 15 is 0 Å². The van der Waals surface area contributed by atoms with E-state index in [1.807, 2.05) is 24.3 Å². The SMILES string of the molecule is O=C(NCc1cccc(NC(=O)C2CC2)c1)c1nc(N2CCCCC2)ncc1Cl. The molecule has 4 rings (SSSR count). The topological polar surface area (TPSA) is 87.2 Å². The summed E-state index contributed by atoms with van der Waals surface area (Å²) >= 11 is 6.18. The highest BCUT2D eigenvalue weighted by atomic mass is 35.5. The number of amides is 2. The number of nitrogens with zero attached hydrogens (tertiary/aromatic N) is 3. The van der Waals surface area contributed by atoms with Crippen LogP contribution in [0.4, 0.5) is 11.6 Å². The average molecular weight is 414 g/mol. The van der Waals surface area contributed by atoms with Gasteiger partial charge in [0.25, 0.3) is 5.91 Å². The van der Waals surface area contributed by atoms with E-state index in [2.05, 4.69) is 25.5 Å². The number of piperidine rings is 1. The molecule has 0 atom stereocenters. The molecule has 1 saturated carbocycles. The minimum Gasteiger partial charge on any atom is -0.347 e. The summed E-state index contributed by atoms with van der Waals surface area (Å²) in [5, 5.41) is 6.00. The summed E-state index contributed by atoms with van der Waals surface area (Å²) in [7, 11) is 0. The van der Waals surface area contributed by atoms with Crippen LogP contribution in [0.25, 0.3) is 0 Å². The molecule has 152 valence electrons. The lowest BCUT2D eigenvalue weighted by molar-refractivity contribution is -0.117. The number of rotatable bonds is 6. The van der Waals surface area contributed by atoms with Crippen molar-refractivity contribution in [3.8, 4) is 0 Å². The molecule has 1 saturated heterocycles. The van der Waals surface area contributed by atoms with Crippen molar-refractivity contribution in [2.45, 2.75) is 38.6 Å². The van der Waals surface area contributed by atoms with E-state index in [-0.39, 0.29) is 28.4 Å². The van der Waals surface area contributed by atoms with Gasteiger partial charge in [-0.3, -0.25) is 9.59 Å². The lowest BCUT2D eigenvalue weighted by Gasteiger charge is -2.26. The van der Waals surface area contributed by atoms with Gasteiger partial charge in [0.1, 0.15) is 0 Å². The number of carbonyl (C=O) groups is 2. The molecule has 2 amide bonds. The van der Waals surface area contributed by atoms with Crippen molar-refractivity contribution in [1.82, 2.24) is 15.3 Å². The first kappa shape index (κ1) is 19.6. The fourth-order valence-electron chi connectivity index (χ4n) is 3.38. The van der Waals surface area contributed by atoms with E-state index in [9.17, 15) is 9.59 Å². The Bertz CT molecular complexity index is 910. The molecule has 1 aromatic carbocycles. The molecule has 2 aliphatic rings. The number of nitrogens with one attached hydrogen (secondary N) is 2. The average Bonchev–Trinajstić information content (AvgIpc) is 3.59. The molecule has 29 heavy (non-hydrogen) atoms. The number of halogens is 1. The normalized spacial score (nSPS) is 16.4. The van der Waals surface area contributed by atoms with Crippen LogP contribution >= 0.6 is 11.6 Å². The monoisotopic (exact) mass is 413 g/mol. The largest absolute Gasteiger partial charge is 0.347 e. The Kier molecular flexibility index (Phi) is 5.94. The van der Waals surface area contributed by atoms with Crippen molar-refractivity contribution >= 4 is 35.1 Å². The van der Waals surface area contributed by atoms with Gasteiger partial charge >= 0.3 is 0 Å². The summed E-state index contributed by atoms with van der Waals surface area (Å²) in [4.78, 5) is 35.4. The second-order valence-corrected chi connectivity index (χ2v) is 7.97. The number of aromatic nitrogens is 2. The van der Waals surface area contributed by atoms with Crippen LogP contribution in [0.5, 0.6) is 0 Å². The van der Waals surface area contributed by atoms with Gasteiger partial charge in [0.05, 0.1) is 11.2 Å². The molecule has 0 spiro atoms. The molecular weight excluding hydrogens is 390 g/mol. The molecule has 0 unspecified atom stereocenters. The van der Waals surface area contributed by atoms with Gasteiger partial charge in [-0.15, -0.1) is 0 Å². The lowest BCUT2D eigenvalue weighted by atomic mass is 10.1. The molecule has 1 aliphatic carbocycles. The van der Waals surface area contributed by atoms with E-state index in [1.54, 1.807) is 0 Å². The summed E-state index contributed by atoms with van der Waals surface area (Å²) in [6.07, 6.45) is 6.81. The zero-order valence-corrected chi connectivity index (χ0v) is 16.9. The Morgan fingerprint density at radius 2 is 1.97 bits per heavy atom. The third-order valence-corrected chi connectivity index (χ3v) is 5.46. The molecule has 0 bridgehead atoms. The second kappa shape index (κ2) is 8.78. The zero-order valence-electron chi connectivity index (χ0n) is 16.2. The van der Waals surface area contributed by atoms with Gasteiger partial charge in [-0.1, -0.05) is 23.7 Å². The summed E-state index contributed by atoms with van der Waals surface area (Å²) in [6.45, 7) is 2.09. The zero-order chi connectivity index (χ0) is 20.2. The minimum atomic E-state index is -0.344. The molecule has 0 radical (unpaired) electrons. The predicted molar refractivity (Wildman–Crippen MR) is 112 cm³/mol. The van der Waals surface area contributed by atoms with Crippen LogP contribution in [-0.4, -0.2) is 34.9 Å². The molecule has 2 fully saturated rings. The Labute approximate surface area is 174 Å². The number of anilines is 2. The number of benzene rings is 1. The molecule has 2 heterocycles. The van der Waals surface area contributed by atoms with Crippen LogP contribution in [0.3, 0.4) is 0 Å². The van der Waals surface area contributed by atoms with Crippen molar-refractivity contribution < 1.29 is 9.59 Å². The molecule has 2 N–H and O–H groups in total. The van der Waals surface area contributed by atoms with E-state index in [4.69, 9.17) is 11.6 Å². The van der Waals surface area contributed by atoms with Gasteiger partial charge in [-0.05, 0) is 49.8 Å². The number of hydrogen-bond acceptors (Lipinski definition) is 5. The van der Waals surface area contributed by atoms with Crippen molar-refractivity contribution in [3.63, 3.8) is 0 Å². The molecule has 7 nitrogen and oxygen atoms in total. The van der Waals surface area contributed by atoms with Crippen LogP contribution in [0.1, 0.15) is 48.2 Å². The van der Waals surface area contributed by atoms with Gasteiger partial charge < -0.3 is 15.5 Å². The first-order chi connectivity index (χ1) is 14.1. The minimum absolute atomic E-state index is 0.0594. The fourth-order valence-corrected chi connectivity index (χ4v) is 3.56. The van der Waals surface area contributed by atoms with Gasteiger partial charge in [-0.2, -0.15) is 0 Å². The maximum absolute atomic E-state index is 12.7. The third-order valence-electron chi connectivity index (χ3n) is 5.18. The van der Waals surface area contributed by atoms with Gasteiger partial charge in [0.15, 0.2) is 5.69 Å². The third kappa shape index (κ3) is 5.03. The molecule has 2 aromatic rings. The lowest BCUT2D eigenvalue weighted by Crippen LogP contribution is -2.32. The first-order valence-corrected chi connectivity index (χ1v) is 10.4. The second-order valence-electron chi connectivity index (χ2n) is 7.56. The standard InChI is InChI=1S/C21H24ClN5O2/c22-17-13-24-21(27-9-2-1-3-10-27)26-18(17)20(29)23-12-14-5-4-6-16(11-14)25-19(28)15-7-8-15/h4-6,11,13,15H,1-3,7-10,12H2,(H,23,29)(H,25,28). The summed E-state index contributed by atoms with van der Waals surface area (Å²) in [5.74, 6) is 0.406. The number of carbonyl (C=O) groups excluding carboxylic acids is 2. The van der Waals surface area contributed by atoms with Crippen molar-refractivity contribution in [1.29, 1.82) is 0 Å². The Morgan fingerprint density at radius 1 is 1.17 bits per heavy atom. The maximum atomic E-state index is 12.7. The maximum Gasteiger partial charge on any atom is 0.271 e. The Hall–Kier alpha value is -2.67. The van der Waals surface area contributed by atoms with Crippen LogP contribution in [0, 0.1) is 5.92 Å². The summed E-state index contributed by atoms with van der Waals surface area (Å²) < 4.78 is 0. The van der Waals surface area contributed by atoms with E-state index in [1.165, 1.54) is 12.6 Å². The fraction of sp³-hybridized carbons (Fsp3) is 0.429. The highest BCUT2D eigenvalue weighted by Gasteiger charge is 2.29. The molecule has 1 aromatic heterocycles. The van der Waals surface area contributed by atoms with E-state index in [0.29, 0.717) is 12.5 Å². The van der Waals surface area contributed by atoms with Gasteiger partial charge in [-0.25, -0.2) is 9.97 Å². The highest BCUT2D eigenvalue weighted by Crippen LogP contribution is 2.30. The van der Waals surface area contributed by atoms with Crippen LogP contribution < -0.4 is 15.5 Å². The van der Waals surface area contributed by atoms with Gasteiger partial charge in [0, 0.05) is 31.2 Å². The van der Waals surface area contributed by atoms with Crippen LogP contribution in [0.15, 0.2) is 30.5 Å². The molecule has 8 heteroatoms. The first-order valence-electron chi connectivity index (χ1n) is 10.1. The van der Waals surface area contributed by atoms with Crippen molar-refractivity contribution in [3.05, 3.63) is 46.7 Å². The van der Waals surface area contributed by atoms with Crippen molar-refractivity contribution in [2.24, 2.45) is 5.92 Å². The van der Waals surface area contributed by atoms with E-state index < -0.39 is 0 Å². The number of hydrogen-bond donors (Lipinski definition) is 2. The Balaban J connectivity index is 1.39. The predicted octanol–water partition coefficient (Wildman–Crippen LogP) is 3.40. The van der Waals surface area contributed by atoms with E-state index in [0.717, 1.165) is 50.0 Å². The molecule has 1 aliphatic heterocycles. The van der Waals surface area contributed by atoms with Crippen LogP contribution in [-0.2, 0) is 11.3 Å².